The Morgan fingerprint density at radius 3 is 2.56 bits per heavy atom. The normalized spacial score (nSPS) is 10.4. The van der Waals surface area contributed by atoms with Gasteiger partial charge >= 0.3 is 5.97 Å². The fourth-order valence-electron chi connectivity index (χ4n) is 1.99. The summed E-state index contributed by atoms with van der Waals surface area (Å²) in [6, 6.07) is 9.83. The van der Waals surface area contributed by atoms with Crippen molar-refractivity contribution in [1.29, 1.82) is 0 Å². The molecule has 0 unspecified atom stereocenters. The zero-order chi connectivity index (χ0) is 13.1. The van der Waals surface area contributed by atoms with Gasteiger partial charge in [0.15, 0.2) is 5.69 Å². The molecule has 1 heterocycles. The van der Waals surface area contributed by atoms with Gasteiger partial charge in [-0.1, -0.05) is 18.2 Å². The molecule has 0 atom stereocenters. The van der Waals surface area contributed by atoms with E-state index in [0.29, 0.717) is 12.3 Å². The molecule has 0 fully saturated rings. The molecule has 1 aromatic heterocycles. The standard InChI is InChI=1S/C14H16N2O2/c1-4-18-14(17)13-10(2)16(11(3)15-13)12-8-6-5-7-9-12/h5-9H,4H2,1-3H3. The van der Waals surface area contributed by atoms with Crippen molar-refractivity contribution in [3.63, 3.8) is 0 Å². The van der Waals surface area contributed by atoms with Gasteiger partial charge in [-0.15, -0.1) is 0 Å². The highest BCUT2D eigenvalue weighted by atomic mass is 16.5. The van der Waals surface area contributed by atoms with Gasteiger partial charge in [0.2, 0.25) is 0 Å². The molecule has 0 aliphatic carbocycles. The third-order valence-electron chi connectivity index (χ3n) is 2.76. The van der Waals surface area contributed by atoms with E-state index in [2.05, 4.69) is 4.98 Å². The summed E-state index contributed by atoms with van der Waals surface area (Å²) in [5, 5.41) is 0. The SMILES string of the molecule is CCOC(=O)c1nc(C)n(-c2ccccc2)c1C. The summed E-state index contributed by atoms with van der Waals surface area (Å²) in [6.07, 6.45) is 0. The first-order valence-corrected chi connectivity index (χ1v) is 5.93. The van der Waals surface area contributed by atoms with Gasteiger partial charge in [-0.2, -0.15) is 0 Å². The molecule has 0 aliphatic heterocycles. The highest BCUT2D eigenvalue weighted by Gasteiger charge is 2.19. The van der Waals surface area contributed by atoms with E-state index >= 15 is 0 Å². The second kappa shape index (κ2) is 5.04. The van der Waals surface area contributed by atoms with Crippen LogP contribution < -0.4 is 0 Å². The molecular weight excluding hydrogens is 228 g/mol. The van der Waals surface area contributed by atoms with Crippen molar-refractivity contribution in [2.24, 2.45) is 0 Å². The summed E-state index contributed by atoms with van der Waals surface area (Å²) in [5.74, 6) is 0.412. The van der Waals surface area contributed by atoms with Crippen LogP contribution in [0.4, 0.5) is 0 Å². The summed E-state index contributed by atoms with van der Waals surface area (Å²) < 4.78 is 6.95. The molecule has 0 aliphatic rings. The van der Waals surface area contributed by atoms with Crippen molar-refractivity contribution in [2.45, 2.75) is 20.8 Å². The van der Waals surface area contributed by atoms with Crippen LogP contribution in [0.3, 0.4) is 0 Å². The number of carbonyl (C=O) groups excluding carboxylic acids is 1. The number of ether oxygens (including phenoxy) is 1. The van der Waals surface area contributed by atoms with E-state index in [-0.39, 0.29) is 5.97 Å². The predicted molar refractivity (Wildman–Crippen MR) is 69.0 cm³/mol. The Morgan fingerprint density at radius 1 is 1.28 bits per heavy atom. The number of esters is 1. The summed E-state index contributed by atoms with van der Waals surface area (Å²) in [5.41, 5.74) is 2.19. The quantitative estimate of drug-likeness (QED) is 0.780. The minimum Gasteiger partial charge on any atom is -0.461 e. The molecular formula is C14H16N2O2. The lowest BCUT2D eigenvalue weighted by atomic mass is 10.3. The fraction of sp³-hybridized carbons (Fsp3) is 0.286. The van der Waals surface area contributed by atoms with Gasteiger partial charge < -0.3 is 9.30 Å². The molecule has 4 heteroatoms. The van der Waals surface area contributed by atoms with Crippen LogP contribution in [0, 0.1) is 13.8 Å². The lowest BCUT2D eigenvalue weighted by molar-refractivity contribution is 0.0519. The van der Waals surface area contributed by atoms with E-state index in [1.54, 1.807) is 6.92 Å². The van der Waals surface area contributed by atoms with Crippen molar-refractivity contribution in [2.75, 3.05) is 6.61 Å². The van der Waals surface area contributed by atoms with E-state index in [1.165, 1.54) is 0 Å². The average Bonchev–Trinajstić information content (AvgIpc) is 2.66. The molecule has 1 aromatic carbocycles. The minimum absolute atomic E-state index is 0.357. The van der Waals surface area contributed by atoms with Crippen LogP contribution in [-0.4, -0.2) is 22.1 Å². The molecule has 4 nitrogen and oxygen atoms in total. The van der Waals surface area contributed by atoms with Gasteiger partial charge in [0.25, 0.3) is 0 Å². The molecule has 94 valence electrons. The predicted octanol–water partition coefficient (Wildman–Crippen LogP) is 2.67. The number of rotatable bonds is 3. The third-order valence-corrected chi connectivity index (χ3v) is 2.76. The topological polar surface area (TPSA) is 44.1 Å². The van der Waals surface area contributed by atoms with Gasteiger partial charge in [0.05, 0.1) is 12.3 Å². The number of aryl methyl sites for hydroxylation is 1. The van der Waals surface area contributed by atoms with Crippen LogP contribution in [0.5, 0.6) is 0 Å². The number of hydrogen-bond donors (Lipinski definition) is 0. The Morgan fingerprint density at radius 2 is 1.94 bits per heavy atom. The van der Waals surface area contributed by atoms with E-state index < -0.39 is 0 Å². The lowest BCUT2D eigenvalue weighted by Crippen LogP contribution is -2.07. The van der Waals surface area contributed by atoms with Crippen LogP contribution in [0.25, 0.3) is 5.69 Å². The van der Waals surface area contributed by atoms with Gasteiger partial charge in [0, 0.05) is 5.69 Å². The van der Waals surface area contributed by atoms with Crippen LogP contribution in [0.1, 0.15) is 28.9 Å². The summed E-state index contributed by atoms with van der Waals surface area (Å²) in [7, 11) is 0. The second-order valence-electron chi connectivity index (χ2n) is 3.98. The number of carbonyl (C=O) groups is 1. The van der Waals surface area contributed by atoms with Crippen molar-refractivity contribution in [3.8, 4) is 5.69 Å². The number of para-hydroxylation sites is 1. The maximum Gasteiger partial charge on any atom is 0.358 e. The molecule has 18 heavy (non-hydrogen) atoms. The molecule has 0 bridgehead atoms. The summed E-state index contributed by atoms with van der Waals surface area (Å²) in [6.45, 7) is 5.89. The van der Waals surface area contributed by atoms with Gasteiger partial charge in [-0.05, 0) is 32.9 Å². The number of nitrogens with zero attached hydrogens (tertiary/aromatic N) is 2. The molecule has 0 saturated heterocycles. The van der Waals surface area contributed by atoms with Gasteiger partial charge in [-0.25, -0.2) is 9.78 Å². The second-order valence-corrected chi connectivity index (χ2v) is 3.98. The molecule has 2 aromatic rings. The first-order chi connectivity index (χ1) is 8.65. The largest absolute Gasteiger partial charge is 0.461 e. The lowest BCUT2D eigenvalue weighted by Gasteiger charge is -2.07. The first-order valence-electron chi connectivity index (χ1n) is 5.93. The number of hydrogen-bond acceptors (Lipinski definition) is 3. The number of benzene rings is 1. The average molecular weight is 244 g/mol. The summed E-state index contributed by atoms with van der Waals surface area (Å²) >= 11 is 0. The Bertz CT molecular complexity index is 559. The first kappa shape index (κ1) is 12.4. The molecule has 0 spiro atoms. The Hall–Kier alpha value is -2.10. The van der Waals surface area contributed by atoms with Crippen LogP contribution >= 0.6 is 0 Å². The van der Waals surface area contributed by atoms with Crippen LogP contribution in [0.15, 0.2) is 30.3 Å². The number of imidazole rings is 1. The maximum atomic E-state index is 11.8. The molecule has 0 radical (unpaired) electrons. The smallest absolute Gasteiger partial charge is 0.358 e. The molecule has 0 amide bonds. The number of aromatic nitrogens is 2. The van der Waals surface area contributed by atoms with Crippen LogP contribution in [-0.2, 0) is 4.74 Å². The monoisotopic (exact) mass is 244 g/mol. The summed E-state index contributed by atoms with van der Waals surface area (Å²) in [4.78, 5) is 16.1. The molecule has 0 saturated carbocycles. The fourth-order valence-corrected chi connectivity index (χ4v) is 1.99. The maximum absolute atomic E-state index is 11.8. The third kappa shape index (κ3) is 2.14. The van der Waals surface area contributed by atoms with Crippen molar-refractivity contribution >= 4 is 5.97 Å². The molecule has 0 N–H and O–H groups in total. The van der Waals surface area contributed by atoms with Crippen molar-refractivity contribution in [3.05, 3.63) is 47.5 Å². The van der Waals surface area contributed by atoms with E-state index in [9.17, 15) is 4.79 Å². The zero-order valence-corrected chi connectivity index (χ0v) is 10.8. The van der Waals surface area contributed by atoms with E-state index in [0.717, 1.165) is 17.2 Å². The van der Waals surface area contributed by atoms with Crippen LogP contribution in [0.2, 0.25) is 0 Å². The van der Waals surface area contributed by atoms with Gasteiger partial charge in [0.1, 0.15) is 5.82 Å². The Kier molecular flexibility index (Phi) is 3.46. The minimum atomic E-state index is -0.368. The highest BCUT2D eigenvalue weighted by Crippen LogP contribution is 2.18. The van der Waals surface area contributed by atoms with E-state index in [4.69, 9.17) is 4.74 Å². The molecule has 2 rings (SSSR count). The zero-order valence-electron chi connectivity index (χ0n) is 10.8. The Balaban J connectivity index is 2.48. The van der Waals surface area contributed by atoms with Crippen molar-refractivity contribution < 1.29 is 9.53 Å². The van der Waals surface area contributed by atoms with E-state index in [1.807, 2.05) is 48.7 Å². The highest BCUT2D eigenvalue weighted by molar-refractivity contribution is 5.88. The van der Waals surface area contributed by atoms with Crippen molar-refractivity contribution in [1.82, 2.24) is 9.55 Å². The van der Waals surface area contributed by atoms with Gasteiger partial charge in [-0.3, -0.25) is 0 Å². The Labute approximate surface area is 106 Å².